The maximum Gasteiger partial charge on any atom is 0.235 e. The summed E-state index contributed by atoms with van der Waals surface area (Å²) in [5, 5.41) is 0.779. The highest BCUT2D eigenvalue weighted by Crippen LogP contribution is 2.22. The highest BCUT2D eigenvalue weighted by atomic mass is 35.5. The van der Waals surface area contributed by atoms with Crippen molar-refractivity contribution in [2.45, 2.75) is 43.6 Å². The summed E-state index contributed by atoms with van der Waals surface area (Å²) in [4.78, 5) is 14.5. The Morgan fingerprint density at radius 3 is 2.65 bits per heavy atom. The van der Waals surface area contributed by atoms with Crippen LogP contribution in [0.2, 0.25) is 5.02 Å². The highest BCUT2D eigenvalue weighted by molar-refractivity contribution is 7.99. The first-order valence-electron chi connectivity index (χ1n) is 7.31. The molecule has 1 saturated heterocycles. The minimum Gasteiger partial charge on any atom is -0.342 e. The van der Waals surface area contributed by atoms with Gasteiger partial charge in [-0.25, -0.2) is 0 Å². The number of carbonyl (C=O) groups is 1. The van der Waals surface area contributed by atoms with E-state index in [9.17, 15) is 4.79 Å². The van der Waals surface area contributed by atoms with E-state index in [1.807, 2.05) is 30.0 Å². The normalized spacial score (nSPS) is 17.6. The lowest BCUT2D eigenvalue weighted by atomic mass is 10.2. The summed E-state index contributed by atoms with van der Waals surface area (Å²) < 4.78 is 0. The molecule has 0 spiro atoms. The van der Waals surface area contributed by atoms with Crippen molar-refractivity contribution in [1.29, 1.82) is 0 Å². The number of likely N-dealkylation sites (tertiary alicyclic amines) is 1. The molecule has 0 aliphatic carbocycles. The molecule has 1 fully saturated rings. The van der Waals surface area contributed by atoms with E-state index in [1.54, 1.807) is 11.8 Å². The van der Waals surface area contributed by atoms with Gasteiger partial charge in [0.15, 0.2) is 0 Å². The third-order valence-corrected chi connectivity index (χ3v) is 5.09. The first-order valence-corrected chi connectivity index (χ1v) is 8.74. The Morgan fingerprint density at radius 2 is 2.00 bits per heavy atom. The van der Waals surface area contributed by atoms with Crippen LogP contribution < -0.4 is 0 Å². The van der Waals surface area contributed by atoms with Gasteiger partial charge in [0.25, 0.3) is 0 Å². The molecule has 1 aromatic rings. The van der Waals surface area contributed by atoms with Crippen LogP contribution in [0.1, 0.15) is 38.2 Å². The van der Waals surface area contributed by atoms with Crippen LogP contribution in [0.25, 0.3) is 0 Å². The van der Waals surface area contributed by atoms with Gasteiger partial charge < -0.3 is 4.90 Å². The molecule has 1 amide bonds. The van der Waals surface area contributed by atoms with Gasteiger partial charge in [-0.15, -0.1) is 11.8 Å². The van der Waals surface area contributed by atoms with E-state index < -0.39 is 0 Å². The van der Waals surface area contributed by atoms with Gasteiger partial charge in [0.05, 0.1) is 5.25 Å². The molecule has 1 aliphatic heterocycles. The van der Waals surface area contributed by atoms with Crippen LogP contribution in [0.4, 0.5) is 0 Å². The highest BCUT2D eigenvalue weighted by Gasteiger charge is 2.21. The second-order valence-electron chi connectivity index (χ2n) is 5.32. The van der Waals surface area contributed by atoms with Crippen LogP contribution in [0.15, 0.2) is 24.3 Å². The van der Waals surface area contributed by atoms with Crippen LogP contribution in [0.3, 0.4) is 0 Å². The average molecular weight is 312 g/mol. The Bertz CT molecular complexity index is 444. The zero-order valence-corrected chi connectivity index (χ0v) is 13.6. The van der Waals surface area contributed by atoms with Crippen LogP contribution >= 0.6 is 23.4 Å². The predicted molar refractivity (Wildman–Crippen MR) is 87.3 cm³/mol. The second-order valence-corrected chi connectivity index (χ2v) is 7.09. The topological polar surface area (TPSA) is 20.3 Å². The van der Waals surface area contributed by atoms with E-state index in [0.29, 0.717) is 5.91 Å². The minimum atomic E-state index is 0.0204. The lowest BCUT2D eigenvalue weighted by Crippen LogP contribution is -2.37. The van der Waals surface area contributed by atoms with Crippen LogP contribution in [-0.2, 0) is 10.5 Å². The van der Waals surface area contributed by atoms with Crippen molar-refractivity contribution in [2.75, 3.05) is 13.1 Å². The van der Waals surface area contributed by atoms with Crippen LogP contribution in [-0.4, -0.2) is 29.1 Å². The summed E-state index contributed by atoms with van der Waals surface area (Å²) in [6, 6.07) is 7.86. The molecular formula is C16H22ClNOS. The Hall–Kier alpha value is -0.670. The summed E-state index contributed by atoms with van der Waals surface area (Å²) in [6.45, 7) is 3.88. The minimum absolute atomic E-state index is 0.0204. The SMILES string of the molecule is CC(SCc1cccc(Cl)c1)C(=O)N1CCCCCC1. The molecule has 0 N–H and O–H groups in total. The third-order valence-electron chi connectivity index (χ3n) is 3.65. The molecular weight excluding hydrogens is 290 g/mol. The molecule has 0 bridgehead atoms. The molecule has 0 saturated carbocycles. The van der Waals surface area contributed by atoms with Gasteiger partial charge in [-0.2, -0.15) is 0 Å². The van der Waals surface area contributed by atoms with Gasteiger partial charge in [-0.3, -0.25) is 4.79 Å². The summed E-state index contributed by atoms with van der Waals surface area (Å²) in [6.07, 6.45) is 4.82. The standard InChI is InChI=1S/C16H22ClNOS/c1-13(16(19)18-9-4-2-3-5-10-18)20-12-14-7-6-8-15(17)11-14/h6-8,11,13H,2-5,9-10,12H2,1H3. The summed E-state index contributed by atoms with van der Waals surface area (Å²) in [5.74, 6) is 1.13. The monoisotopic (exact) mass is 311 g/mol. The van der Waals surface area contributed by atoms with Crippen molar-refractivity contribution < 1.29 is 4.79 Å². The molecule has 110 valence electrons. The molecule has 0 radical (unpaired) electrons. The lowest BCUT2D eigenvalue weighted by molar-refractivity contribution is -0.130. The molecule has 1 heterocycles. The largest absolute Gasteiger partial charge is 0.342 e. The maximum absolute atomic E-state index is 12.4. The van der Waals surface area contributed by atoms with Gasteiger partial charge in [0.1, 0.15) is 0 Å². The number of hydrogen-bond donors (Lipinski definition) is 0. The first kappa shape index (κ1) is 15.7. The predicted octanol–water partition coefficient (Wildman–Crippen LogP) is 4.36. The number of carbonyl (C=O) groups excluding carboxylic acids is 1. The van der Waals surface area contributed by atoms with Crippen molar-refractivity contribution >= 4 is 29.3 Å². The van der Waals surface area contributed by atoms with Crippen molar-refractivity contribution in [2.24, 2.45) is 0 Å². The number of thioether (sulfide) groups is 1. The Balaban J connectivity index is 1.84. The number of benzene rings is 1. The fourth-order valence-corrected chi connectivity index (χ4v) is 3.59. The van der Waals surface area contributed by atoms with E-state index in [-0.39, 0.29) is 5.25 Å². The molecule has 2 nitrogen and oxygen atoms in total. The van der Waals surface area contributed by atoms with Crippen LogP contribution in [0, 0.1) is 0 Å². The third kappa shape index (κ3) is 4.71. The van der Waals surface area contributed by atoms with Gasteiger partial charge in [-0.05, 0) is 37.5 Å². The zero-order chi connectivity index (χ0) is 14.4. The Kier molecular flexibility index (Phi) is 6.24. The summed E-state index contributed by atoms with van der Waals surface area (Å²) >= 11 is 7.68. The van der Waals surface area contributed by atoms with E-state index in [4.69, 9.17) is 11.6 Å². The lowest BCUT2D eigenvalue weighted by Gasteiger charge is -2.23. The van der Waals surface area contributed by atoms with E-state index in [0.717, 1.165) is 36.7 Å². The molecule has 1 aromatic carbocycles. The summed E-state index contributed by atoms with van der Waals surface area (Å²) in [5.41, 5.74) is 1.18. The quantitative estimate of drug-likeness (QED) is 0.823. The van der Waals surface area contributed by atoms with Crippen molar-refractivity contribution in [3.8, 4) is 0 Å². The number of amides is 1. The van der Waals surface area contributed by atoms with Crippen molar-refractivity contribution in [3.05, 3.63) is 34.9 Å². The smallest absolute Gasteiger partial charge is 0.235 e. The fourth-order valence-electron chi connectivity index (χ4n) is 2.47. The number of nitrogens with zero attached hydrogens (tertiary/aromatic N) is 1. The molecule has 1 unspecified atom stereocenters. The number of halogens is 1. The van der Waals surface area contributed by atoms with Gasteiger partial charge in [-0.1, -0.05) is 36.6 Å². The molecule has 20 heavy (non-hydrogen) atoms. The van der Waals surface area contributed by atoms with E-state index >= 15 is 0 Å². The summed E-state index contributed by atoms with van der Waals surface area (Å²) in [7, 11) is 0. The average Bonchev–Trinajstić information content (AvgIpc) is 2.73. The van der Waals surface area contributed by atoms with Crippen molar-refractivity contribution in [1.82, 2.24) is 4.90 Å². The molecule has 4 heteroatoms. The van der Waals surface area contributed by atoms with Gasteiger partial charge in [0, 0.05) is 23.9 Å². The van der Waals surface area contributed by atoms with E-state index in [1.165, 1.54) is 18.4 Å². The molecule has 1 atom stereocenters. The molecule has 1 aliphatic rings. The maximum atomic E-state index is 12.4. The number of hydrogen-bond acceptors (Lipinski definition) is 2. The Morgan fingerprint density at radius 1 is 1.30 bits per heavy atom. The molecule has 0 aromatic heterocycles. The van der Waals surface area contributed by atoms with Gasteiger partial charge in [0.2, 0.25) is 5.91 Å². The second kappa shape index (κ2) is 7.94. The molecule has 2 rings (SSSR count). The van der Waals surface area contributed by atoms with Crippen LogP contribution in [0.5, 0.6) is 0 Å². The fraction of sp³-hybridized carbons (Fsp3) is 0.562. The Labute approximate surface area is 130 Å². The number of rotatable bonds is 4. The zero-order valence-electron chi connectivity index (χ0n) is 12.0. The van der Waals surface area contributed by atoms with Gasteiger partial charge >= 0.3 is 0 Å². The first-order chi connectivity index (χ1) is 9.66. The van der Waals surface area contributed by atoms with Crippen molar-refractivity contribution in [3.63, 3.8) is 0 Å². The van der Waals surface area contributed by atoms with E-state index in [2.05, 4.69) is 6.07 Å².